The highest BCUT2D eigenvalue weighted by Crippen LogP contribution is 2.39. The fourth-order valence-electron chi connectivity index (χ4n) is 3.83. The average molecular weight is 244 g/mol. The van der Waals surface area contributed by atoms with Crippen molar-refractivity contribution in [2.75, 3.05) is 13.1 Å². The first kappa shape index (κ1) is 12.2. The van der Waals surface area contributed by atoms with Crippen LogP contribution >= 0.6 is 0 Å². The van der Waals surface area contributed by atoms with Gasteiger partial charge in [-0.15, -0.1) is 0 Å². The van der Waals surface area contributed by atoms with Crippen molar-refractivity contribution in [1.29, 1.82) is 0 Å². The van der Waals surface area contributed by atoms with Crippen LogP contribution in [0.1, 0.15) is 32.3 Å². The van der Waals surface area contributed by atoms with Gasteiger partial charge in [-0.25, -0.2) is 0 Å². The number of piperidine rings is 1. The maximum Gasteiger partial charge on any atom is 0.0304 e. The van der Waals surface area contributed by atoms with Gasteiger partial charge >= 0.3 is 0 Å². The molecule has 2 nitrogen and oxygen atoms in total. The molecule has 2 aliphatic heterocycles. The summed E-state index contributed by atoms with van der Waals surface area (Å²) in [4.78, 5) is 2.69. The highest BCUT2D eigenvalue weighted by molar-refractivity contribution is 5.16. The fraction of sp³-hybridized carbons (Fsp3) is 0.625. The monoisotopic (exact) mass is 244 g/mol. The number of nitrogens with zero attached hydrogens (tertiary/aromatic N) is 1. The molecule has 1 aromatic rings. The molecule has 0 aromatic heterocycles. The molecule has 18 heavy (non-hydrogen) atoms. The predicted molar refractivity (Wildman–Crippen MR) is 75.4 cm³/mol. The van der Waals surface area contributed by atoms with E-state index in [4.69, 9.17) is 0 Å². The Morgan fingerprint density at radius 2 is 2.06 bits per heavy atom. The predicted octanol–water partition coefficient (Wildman–Crippen LogP) is 2.65. The zero-order valence-electron chi connectivity index (χ0n) is 11.5. The van der Waals surface area contributed by atoms with Crippen molar-refractivity contribution in [2.24, 2.45) is 5.41 Å². The molecule has 3 rings (SSSR count). The summed E-state index contributed by atoms with van der Waals surface area (Å²) in [6, 6.07) is 12.3. The first-order chi connectivity index (χ1) is 8.67. The van der Waals surface area contributed by atoms with Crippen molar-refractivity contribution in [3.8, 4) is 0 Å². The van der Waals surface area contributed by atoms with E-state index in [1.165, 1.54) is 31.5 Å². The van der Waals surface area contributed by atoms with Gasteiger partial charge < -0.3 is 5.32 Å². The molecule has 2 saturated heterocycles. The Balaban J connectivity index is 1.77. The van der Waals surface area contributed by atoms with Crippen molar-refractivity contribution < 1.29 is 0 Å². The smallest absolute Gasteiger partial charge is 0.0304 e. The second-order valence-corrected chi connectivity index (χ2v) is 6.49. The number of hydrogen-bond donors (Lipinski definition) is 1. The van der Waals surface area contributed by atoms with E-state index < -0.39 is 0 Å². The summed E-state index contributed by atoms with van der Waals surface area (Å²) in [6.45, 7) is 8.41. The van der Waals surface area contributed by atoms with Gasteiger partial charge in [0.05, 0.1) is 0 Å². The van der Waals surface area contributed by atoms with Crippen LogP contribution in [0.2, 0.25) is 0 Å². The van der Waals surface area contributed by atoms with Gasteiger partial charge in [-0.1, -0.05) is 44.2 Å². The standard InChI is InChI=1S/C16H24N2/c1-16(2)9-10-17-14-8-11-18(15(14)16)12-13-6-4-3-5-7-13/h3-7,14-15,17H,8-12H2,1-2H3. The molecule has 2 heterocycles. The molecule has 2 atom stereocenters. The Morgan fingerprint density at radius 3 is 2.83 bits per heavy atom. The summed E-state index contributed by atoms with van der Waals surface area (Å²) in [7, 11) is 0. The normalized spacial score (nSPS) is 31.2. The van der Waals surface area contributed by atoms with Crippen molar-refractivity contribution >= 4 is 0 Å². The van der Waals surface area contributed by atoms with Crippen LogP contribution in [0, 0.1) is 5.41 Å². The molecule has 0 amide bonds. The van der Waals surface area contributed by atoms with E-state index >= 15 is 0 Å². The average Bonchev–Trinajstić information content (AvgIpc) is 2.75. The minimum Gasteiger partial charge on any atom is -0.312 e. The van der Waals surface area contributed by atoms with Gasteiger partial charge in [0, 0.05) is 25.2 Å². The van der Waals surface area contributed by atoms with Crippen LogP contribution < -0.4 is 5.32 Å². The van der Waals surface area contributed by atoms with Gasteiger partial charge in [0.1, 0.15) is 0 Å². The molecule has 98 valence electrons. The number of hydrogen-bond acceptors (Lipinski definition) is 2. The lowest BCUT2D eigenvalue weighted by atomic mass is 9.75. The molecule has 0 saturated carbocycles. The van der Waals surface area contributed by atoms with Crippen LogP contribution in [0.4, 0.5) is 0 Å². The summed E-state index contributed by atoms with van der Waals surface area (Å²) in [5, 5.41) is 3.71. The quantitative estimate of drug-likeness (QED) is 0.860. The fourth-order valence-corrected chi connectivity index (χ4v) is 3.83. The highest BCUT2D eigenvalue weighted by Gasteiger charge is 2.45. The van der Waals surface area contributed by atoms with Crippen LogP contribution in [0.5, 0.6) is 0 Å². The highest BCUT2D eigenvalue weighted by atomic mass is 15.2. The Bertz CT molecular complexity index is 399. The van der Waals surface area contributed by atoms with Gasteiger partial charge in [-0.05, 0) is 30.4 Å². The molecular weight excluding hydrogens is 220 g/mol. The van der Waals surface area contributed by atoms with Gasteiger partial charge in [-0.2, -0.15) is 0 Å². The molecule has 0 aliphatic carbocycles. The number of likely N-dealkylation sites (tertiary alicyclic amines) is 1. The van der Waals surface area contributed by atoms with Gasteiger partial charge in [-0.3, -0.25) is 4.90 Å². The molecule has 2 unspecified atom stereocenters. The molecule has 0 bridgehead atoms. The van der Waals surface area contributed by atoms with Crippen LogP contribution in [0.15, 0.2) is 30.3 Å². The third-order valence-electron chi connectivity index (χ3n) is 4.71. The summed E-state index contributed by atoms with van der Waals surface area (Å²) in [5.41, 5.74) is 1.89. The molecule has 2 aliphatic rings. The van der Waals surface area contributed by atoms with Crippen molar-refractivity contribution in [2.45, 2.75) is 45.3 Å². The summed E-state index contributed by atoms with van der Waals surface area (Å²) in [6.07, 6.45) is 2.60. The van der Waals surface area contributed by atoms with E-state index in [0.717, 1.165) is 6.54 Å². The third kappa shape index (κ3) is 2.19. The van der Waals surface area contributed by atoms with E-state index in [1.807, 2.05) is 0 Å². The van der Waals surface area contributed by atoms with Crippen molar-refractivity contribution in [3.63, 3.8) is 0 Å². The molecule has 0 spiro atoms. The maximum absolute atomic E-state index is 3.71. The van der Waals surface area contributed by atoms with Crippen LogP contribution in [-0.2, 0) is 6.54 Å². The lowest BCUT2D eigenvalue weighted by molar-refractivity contribution is 0.0707. The zero-order chi connectivity index (χ0) is 12.6. The van der Waals surface area contributed by atoms with E-state index in [-0.39, 0.29) is 0 Å². The Morgan fingerprint density at radius 1 is 1.28 bits per heavy atom. The van der Waals surface area contributed by atoms with E-state index in [0.29, 0.717) is 17.5 Å². The first-order valence-electron chi connectivity index (χ1n) is 7.18. The largest absolute Gasteiger partial charge is 0.312 e. The molecule has 1 N–H and O–H groups in total. The molecule has 2 heteroatoms. The van der Waals surface area contributed by atoms with Crippen molar-refractivity contribution in [1.82, 2.24) is 10.2 Å². The number of rotatable bonds is 2. The number of benzene rings is 1. The minimum atomic E-state index is 0.446. The molecule has 1 aromatic carbocycles. The topological polar surface area (TPSA) is 15.3 Å². The summed E-state index contributed by atoms with van der Waals surface area (Å²) in [5.74, 6) is 0. The Kier molecular flexibility index (Phi) is 3.16. The first-order valence-corrected chi connectivity index (χ1v) is 7.18. The van der Waals surface area contributed by atoms with E-state index in [2.05, 4.69) is 54.4 Å². The SMILES string of the molecule is CC1(C)CCNC2CCN(Cc3ccccc3)C21. The third-order valence-corrected chi connectivity index (χ3v) is 4.71. The minimum absolute atomic E-state index is 0.446. The second-order valence-electron chi connectivity index (χ2n) is 6.49. The lowest BCUT2D eigenvalue weighted by Crippen LogP contribution is -2.56. The molecule has 0 radical (unpaired) electrons. The van der Waals surface area contributed by atoms with Gasteiger partial charge in [0.15, 0.2) is 0 Å². The summed E-state index contributed by atoms with van der Waals surface area (Å²) < 4.78 is 0. The van der Waals surface area contributed by atoms with Crippen molar-refractivity contribution in [3.05, 3.63) is 35.9 Å². The molecule has 2 fully saturated rings. The Hall–Kier alpha value is -0.860. The Labute approximate surface area is 110 Å². The van der Waals surface area contributed by atoms with E-state index in [1.54, 1.807) is 0 Å². The number of fused-ring (bicyclic) bond motifs is 1. The van der Waals surface area contributed by atoms with E-state index in [9.17, 15) is 0 Å². The maximum atomic E-state index is 3.71. The summed E-state index contributed by atoms with van der Waals surface area (Å²) >= 11 is 0. The zero-order valence-corrected chi connectivity index (χ0v) is 11.5. The number of nitrogens with one attached hydrogen (secondary N) is 1. The second kappa shape index (κ2) is 4.67. The van der Waals surface area contributed by atoms with Gasteiger partial charge in [0.25, 0.3) is 0 Å². The lowest BCUT2D eigenvalue weighted by Gasteiger charge is -2.45. The van der Waals surface area contributed by atoms with Gasteiger partial charge in [0.2, 0.25) is 0 Å². The van der Waals surface area contributed by atoms with Crippen LogP contribution in [0.25, 0.3) is 0 Å². The molecular formula is C16H24N2. The van der Waals surface area contributed by atoms with Crippen LogP contribution in [0.3, 0.4) is 0 Å². The van der Waals surface area contributed by atoms with Crippen LogP contribution in [-0.4, -0.2) is 30.1 Å².